The third kappa shape index (κ3) is 5.01. The van der Waals surface area contributed by atoms with E-state index in [0.717, 1.165) is 33.4 Å². The van der Waals surface area contributed by atoms with Gasteiger partial charge in [0.1, 0.15) is 5.75 Å². The summed E-state index contributed by atoms with van der Waals surface area (Å²) in [6, 6.07) is 14.4. The minimum atomic E-state index is 0.548. The molecule has 0 N–H and O–H groups in total. The Morgan fingerprint density at radius 3 is 2.24 bits per heavy atom. The summed E-state index contributed by atoms with van der Waals surface area (Å²) in [5.74, 6) is 1.42. The highest BCUT2D eigenvalue weighted by molar-refractivity contribution is 9.10. The lowest BCUT2D eigenvalue weighted by atomic mass is 9.94. The second-order valence-corrected chi connectivity index (χ2v) is 6.96. The highest BCUT2D eigenvalue weighted by Gasteiger charge is 2.11. The number of ether oxygens (including phenoxy) is 1. The monoisotopic (exact) mass is 430 g/mol. The molecule has 21 heavy (non-hydrogen) atoms. The Kier molecular flexibility index (Phi) is 6.59. The van der Waals surface area contributed by atoms with Gasteiger partial charge < -0.3 is 4.74 Å². The van der Waals surface area contributed by atoms with Crippen LogP contribution in [-0.4, -0.2) is 12.4 Å². The molecule has 0 spiro atoms. The summed E-state index contributed by atoms with van der Waals surface area (Å²) in [4.78, 5) is 0. The second kappa shape index (κ2) is 8.21. The lowest BCUT2D eigenvalue weighted by Gasteiger charge is -2.15. The van der Waals surface area contributed by atoms with E-state index in [4.69, 9.17) is 16.3 Å². The third-order valence-corrected chi connectivity index (χ3v) is 5.18. The van der Waals surface area contributed by atoms with Crippen LogP contribution in [-0.2, 0) is 12.8 Å². The Morgan fingerprint density at radius 2 is 1.67 bits per heavy atom. The van der Waals surface area contributed by atoms with E-state index in [2.05, 4.69) is 56.1 Å². The maximum atomic E-state index is 5.93. The van der Waals surface area contributed by atoms with Crippen molar-refractivity contribution < 1.29 is 4.74 Å². The summed E-state index contributed by atoms with van der Waals surface area (Å²) in [5.41, 5.74) is 2.62. The van der Waals surface area contributed by atoms with E-state index < -0.39 is 0 Å². The number of rotatable bonds is 6. The van der Waals surface area contributed by atoms with Crippen LogP contribution in [0.25, 0.3) is 0 Å². The van der Waals surface area contributed by atoms with Gasteiger partial charge in [0.15, 0.2) is 0 Å². The van der Waals surface area contributed by atoms with Gasteiger partial charge in [-0.2, -0.15) is 0 Å². The molecule has 112 valence electrons. The Labute approximate surface area is 147 Å². The molecule has 0 radical (unpaired) electrons. The van der Waals surface area contributed by atoms with E-state index in [1.807, 2.05) is 18.2 Å². The SMILES string of the molecule is COc1ccc(CC(CBr)Cc2ccc(Cl)cc2)cc1Br. The summed E-state index contributed by atoms with van der Waals surface area (Å²) in [5, 5.41) is 1.76. The fraction of sp³-hybridized carbons (Fsp3) is 0.294. The zero-order valence-corrected chi connectivity index (χ0v) is 15.7. The van der Waals surface area contributed by atoms with Crippen LogP contribution >= 0.6 is 43.5 Å². The summed E-state index contributed by atoms with van der Waals surface area (Å²) < 4.78 is 6.27. The Bertz CT molecular complexity index is 584. The zero-order chi connectivity index (χ0) is 15.2. The molecule has 2 rings (SSSR count). The predicted octanol–water partition coefficient (Wildman–Crippen LogP) is 5.91. The van der Waals surface area contributed by atoms with E-state index in [1.54, 1.807) is 7.11 Å². The molecule has 0 aromatic heterocycles. The summed E-state index contributed by atoms with van der Waals surface area (Å²) >= 11 is 13.1. The van der Waals surface area contributed by atoms with Crippen molar-refractivity contribution in [3.05, 3.63) is 63.1 Å². The van der Waals surface area contributed by atoms with E-state index >= 15 is 0 Å². The van der Waals surface area contributed by atoms with Gasteiger partial charge in [-0.1, -0.05) is 45.7 Å². The standard InChI is InChI=1S/C17H17Br2ClO/c1-21-17-7-4-13(10-16(17)19)9-14(11-18)8-12-2-5-15(20)6-3-12/h2-7,10,14H,8-9,11H2,1H3. The molecule has 1 nitrogen and oxygen atoms in total. The summed E-state index contributed by atoms with van der Waals surface area (Å²) in [6.45, 7) is 0. The van der Waals surface area contributed by atoms with Crippen molar-refractivity contribution in [2.45, 2.75) is 12.8 Å². The molecule has 0 fully saturated rings. The van der Waals surface area contributed by atoms with Gasteiger partial charge in [-0.05, 0) is 70.1 Å². The van der Waals surface area contributed by atoms with Gasteiger partial charge in [0.25, 0.3) is 0 Å². The minimum absolute atomic E-state index is 0.548. The van der Waals surface area contributed by atoms with Crippen molar-refractivity contribution in [3.63, 3.8) is 0 Å². The molecule has 2 aromatic rings. The highest BCUT2D eigenvalue weighted by atomic mass is 79.9. The molecule has 1 atom stereocenters. The van der Waals surface area contributed by atoms with Gasteiger partial charge in [0.2, 0.25) is 0 Å². The lowest BCUT2D eigenvalue weighted by Crippen LogP contribution is -2.10. The Morgan fingerprint density at radius 1 is 1.05 bits per heavy atom. The lowest BCUT2D eigenvalue weighted by molar-refractivity contribution is 0.412. The zero-order valence-electron chi connectivity index (χ0n) is 11.8. The fourth-order valence-electron chi connectivity index (χ4n) is 2.31. The number of methoxy groups -OCH3 is 1. The Balaban J connectivity index is 2.05. The Hall–Kier alpha value is -0.510. The van der Waals surface area contributed by atoms with Gasteiger partial charge in [-0.25, -0.2) is 0 Å². The van der Waals surface area contributed by atoms with Crippen LogP contribution in [0.5, 0.6) is 5.75 Å². The largest absolute Gasteiger partial charge is 0.496 e. The molecular formula is C17H17Br2ClO. The first kappa shape index (κ1) is 16.9. The van der Waals surface area contributed by atoms with Crippen LogP contribution in [0, 0.1) is 5.92 Å². The molecular weight excluding hydrogens is 415 g/mol. The van der Waals surface area contributed by atoms with Crippen LogP contribution in [0.4, 0.5) is 0 Å². The number of benzene rings is 2. The fourth-order valence-corrected chi connectivity index (χ4v) is 3.48. The van der Waals surface area contributed by atoms with Crippen molar-refractivity contribution in [1.29, 1.82) is 0 Å². The summed E-state index contributed by atoms with van der Waals surface area (Å²) in [6.07, 6.45) is 2.06. The predicted molar refractivity (Wildman–Crippen MR) is 96.8 cm³/mol. The molecule has 0 aliphatic heterocycles. The van der Waals surface area contributed by atoms with Crippen LogP contribution in [0.1, 0.15) is 11.1 Å². The van der Waals surface area contributed by atoms with Crippen molar-refractivity contribution in [2.75, 3.05) is 12.4 Å². The topological polar surface area (TPSA) is 9.23 Å². The number of alkyl halides is 1. The molecule has 0 bridgehead atoms. The van der Waals surface area contributed by atoms with E-state index in [-0.39, 0.29) is 0 Å². The van der Waals surface area contributed by atoms with Crippen LogP contribution < -0.4 is 4.74 Å². The van der Waals surface area contributed by atoms with E-state index in [0.29, 0.717) is 5.92 Å². The molecule has 0 aliphatic rings. The minimum Gasteiger partial charge on any atom is -0.496 e. The van der Waals surface area contributed by atoms with Gasteiger partial charge in [-0.15, -0.1) is 0 Å². The first-order chi connectivity index (χ1) is 10.1. The number of hydrogen-bond donors (Lipinski definition) is 0. The van der Waals surface area contributed by atoms with Gasteiger partial charge in [0, 0.05) is 10.4 Å². The average molecular weight is 433 g/mol. The first-order valence-electron chi connectivity index (χ1n) is 6.75. The number of hydrogen-bond acceptors (Lipinski definition) is 1. The quantitative estimate of drug-likeness (QED) is 0.516. The molecule has 2 aromatic carbocycles. The van der Waals surface area contributed by atoms with E-state index in [1.165, 1.54) is 11.1 Å². The summed E-state index contributed by atoms with van der Waals surface area (Å²) in [7, 11) is 1.68. The van der Waals surface area contributed by atoms with Crippen molar-refractivity contribution in [1.82, 2.24) is 0 Å². The molecule has 0 saturated heterocycles. The average Bonchev–Trinajstić information content (AvgIpc) is 2.49. The van der Waals surface area contributed by atoms with Gasteiger partial charge >= 0.3 is 0 Å². The number of halogens is 3. The van der Waals surface area contributed by atoms with Crippen LogP contribution in [0.2, 0.25) is 5.02 Å². The van der Waals surface area contributed by atoms with Gasteiger partial charge in [-0.3, -0.25) is 0 Å². The van der Waals surface area contributed by atoms with E-state index in [9.17, 15) is 0 Å². The normalized spacial score (nSPS) is 12.2. The third-order valence-electron chi connectivity index (χ3n) is 3.40. The first-order valence-corrected chi connectivity index (χ1v) is 9.04. The maximum absolute atomic E-state index is 5.93. The molecule has 0 heterocycles. The second-order valence-electron chi connectivity index (χ2n) is 5.02. The van der Waals surface area contributed by atoms with Crippen molar-refractivity contribution in [2.24, 2.45) is 5.92 Å². The van der Waals surface area contributed by atoms with Crippen molar-refractivity contribution >= 4 is 43.5 Å². The molecule has 0 saturated carbocycles. The molecule has 4 heteroatoms. The van der Waals surface area contributed by atoms with Gasteiger partial charge in [0.05, 0.1) is 11.6 Å². The highest BCUT2D eigenvalue weighted by Crippen LogP contribution is 2.27. The molecule has 0 amide bonds. The smallest absolute Gasteiger partial charge is 0.133 e. The maximum Gasteiger partial charge on any atom is 0.133 e. The van der Waals surface area contributed by atoms with Crippen LogP contribution in [0.3, 0.4) is 0 Å². The molecule has 0 aliphatic carbocycles. The van der Waals surface area contributed by atoms with Crippen LogP contribution in [0.15, 0.2) is 46.9 Å². The van der Waals surface area contributed by atoms with Crippen molar-refractivity contribution in [3.8, 4) is 5.75 Å². The molecule has 1 unspecified atom stereocenters.